The molecule has 132 valence electrons. The van der Waals surface area contributed by atoms with Crippen molar-refractivity contribution in [2.24, 2.45) is 10.8 Å². The normalized spacial score (nSPS) is 15.3. The number of hydrazone groups is 1. The lowest BCUT2D eigenvalue weighted by Gasteiger charge is -2.18. The first-order valence-electron chi connectivity index (χ1n) is 7.38. The Morgan fingerprint density at radius 3 is 2.80 bits per heavy atom. The smallest absolute Gasteiger partial charge is 0.255 e. The van der Waals surface area contributed by atoms with Gasteiger partial charge in [-0.15, -0.1) is 10.2 Å². The Hall–Kier alpha value is -2.46. The van der Waals surface area contributed by atoms with Gasteiger partial charge >= 0.3 is 0 Å². The number of aliphatic hydroxyl groups is 1. The molecule has 0 bridgehead atoms. The Labute approximate surface area is 148 Å². The van der Waals surface area contributed by atoms with Gasteiger partial charge in [-0.3, -0.25) is 5.43 Å². The number of rotatable bonds is 6. The molecule has 0 unspecified atom stereocenters. The molecular formula is C15H16ClFN6O2. The number of nitrogens with zero attached hydrogens (tertiary/aromatic N) is 3. The van der Waals surface area contributed by atoms with Crippen LogP contribution in [0.25, 0.3) is 0 Å². The van der Waals surface area contributed by atoms with Crippen molar-refractivity contribution < 1.29 is 14.2 Å². The highest BCUT2D eigenvalue weighted by Crippen LogP contribution is 2.24. The molecule has 0 amide bonds. The van der Waals surface area contributed by atoms with Crippen molar-refractivity contribution in [3.8, 4) is 11.6 Å². The largest absolute Gasteiger partial charge is 0.436 e. The van der Waals surface area contributed by atoms with Gasteiger partial charge in [-0.1, -0.05) is 11.6 Å². The summed E-state index contributed by atoms with van der Waals surface area (Å²) in [6, 6.07) is 7.58. The van der Waals surface area contributed by atoms with Crippen molar-refractivity contribution in [2.45, 2.75) is 6.04 Å². The average Bonchev–Trinajstić information content (AvgIpc) is 3.06. The Balaban J connectivity index is 1.63. The van der Waals surface area contributed by atoms with Gasteiger partial charge in [0.1, 0.15) is 5.75 Å². The van der Waals surface area contributed by atoms with Crippen LogP contribution < -0.4 is 21.4 Å². The molecule has 1 aliphatic heterocycles. The van der Waals surface area contributed by atoms with Crippen LogP contribution in [0.3, 0.4) is 0 Å². The average molecular weight is 367 g/mol. The number of nitrogens with two attached hydrogens (primary N) is 1. The van der Waals surface area contributed by atoms with Gasteiger partial charge < -0.3 is 15.6 Å². The maximum absolute atomic E-state index is 13.7. The van der Waals surface area contributed by atoms with Crippen LogP contribution in [0.1, 0.15) is 5.56 Å². The van der Waals surface area contributed by atoms with Gasteiger partial charge in [-0.05, 0) is 30.3 Å². The summed E-state index contributed by atoms with van der Waals surface area (Å²) < 4.78 is 19.1. The zero-order chi connectivity index (χ0) is 17.8. The first kappa shape index (κ1) is 17.4. The van der Waals surface area contributed by atoms with Crippen LogP contribution in [0.2, 0.25) is 5.02 Å². The van der Waals surface area contributed by atoms with E-state index in [1.54, 1.807) is 29.4 Å². The lowest BCUT2D eigenvalue weighted by molar-refractivity contribution is 0.143. The molecule has 1 atom stereocenters. The third-order valence-corrected chi connectivity index (χ3v) is 3.50. The minimum atomic E-state index is -0.640. The lowest BCUT2D eigenvalue weighted by atomic mass is 10.2. The number of hydrogen-bond acceptors (Lipinski definition) is 8. The molecule has 2 aromatic rings. The zero-order valence-electron chi connectivity index (χ0n) is 13.0. The lowest BCUT2D eigenvalue weighted by Crippen LogP contribution is -2.49. The summed E-state index contributed by atoms with van der Waals surface area (Å²) in [5, 5.41) is 14.9. The Morgan fingerprint density at radius 1 is 1.36 bits per heavy atom. The number of aliphatic hydroxyl groups excluding tert-OH is 1. The van der Waals surface area contributed by atoms with Crippen LogP contribution in [0.15, 0.2) is 41.6 Å². The van der Waals surface area contributed by atoms with Crippen LogP contribution >= 0.6 is 11.6 Å². The van der Waals surface area contributed by atoms with Gasteiger partial charge in [0.2, 0.25) is 0 Å². The first-order chi connectivity index (χ1) is 12.0. The quantitative estimate of drug-likeness (QED) is 0.603. The van der Waals surface area contributed by atoms with E-state index in [2.05, 4.69) is 21.0 Å². The molecule has 1 aliphatic rings. The van der Waals surface area contributed by atoms with Crippen molar-refractivity contribution in [3.63, 3.8) is 0 Å². The van der Waals surface area contributed by atoms with Gasteiger partial charge in [0, 0.05) is 17.8 Å². The molecule has 3 rings (SSSR count). The number of pyridine rings is 1. The minimum Gasteiger partial charge on any atom is -0.436 e. The summed E-state index contributed by atoms with van der Waals surface area (Å²) >= 11 is 5.66. The van der Waals surface area contributed by atoms with E-state index in [9.17, 15) is 4.39 Å². The van der Waals surface area contributed by atoms with E-state index in [1.165, 1.54) is 6.20 Å². The summed E-state index contributed by atoms with van der Waals surface area (Å²) in [4.78, 5) is 3.80. The second-order valence-corrected chi connectivity index (χ2v) is 5.73. The predicted molar refractivity (Wildman–Crippen MR) is 90.3 cm³/mol. The van der Waals surface area contributed by atoms with Crippen molar-refractivity contribution in [1.82, 2.24) is 21.1 Å². The Bertz CT molecular complexity index is 773. The molecule has 8 nitrogen and oxygen atoms in total. The summed E-state index contributed by atoms with van der Waals surface area (Å²) in [5.74, 6) is 0.202. The molecule has 10 heteroatoms. The molecule has 0 spiro atoms. The molecule has 0 fully saturated rings. The minimum absolute atomic E-state index is 0.128. The monoisotopic (exact) mass is 366 g/mol. The van der Waals surface area contributed by atoms with Gasteiger partial charge in [0.05, 0.1) is 18.2 Å². The van der Waals surface area contributed by atoms with Crippen molar-refractivity contribution in [2.75, 3.05) is 13.2 Å². The highest BCUT2D eigenvalue weighted by molar-refractivity contribution is 6.30. The standard InChI is InChI=1S/C15H16ClFN6O2/c16-10-5-13(17)15(19-6-10)25-12-3-1-9(2-4-12)14-20-22-23(21-14)7-11(18)8-24/h1-6,11,22,24H,7-8,18H2,(H,20,21)/t11-/m0/s1. The molecule has 0 saturated heterocycles. The molecule has 0 aliphatic carbocycles. The molecular weight excluding hydrogens is 351 g/mol. The van der Waals surface area contributed by atoms with E-state index >= 15 is 0 Å². The van der Waals surface area contributed by atoms with E-state index < -0.39 is 11.9 Å². The predicted octanol–water partition coefficient (Wildman–Crippen LogP) is 0.972. The van der Waals surface area contributed by atoms with Crippen LogP contribution in [0.4, 0.5) is 4.39 Å². The second-order valence-electron chi connectivity index (χ2n) is 5.29. The molecule has 0 radical (unpaired) electrons. The number of amidine groups is 1. The highest BCUT2D eigenvalue weighted by Gasteiger charge is 2.18. The van der Waals surface area contributed by atoms with Crippen molar-refractivity contribution in [3.05, 3.63) is 52.9 Å². The fourth-order valence-corrected chi connectivity index (χ4v) is 2.21. The number of benzene rings is 1. The van der Waals surface area contributed by atoms with Crippen molar-refractivity contribution in [1.29, 1.82) is 0 Å². The number of hydrogen-bond donors (Lipinski definition) is 4. The Morgan fingerprint density at radius 2 is 2.12 bits per heavy atom. The number of nitrogens with one attached hydrogen (secondary N) is 2. The molecule has 0 saturated carbocycles. The summed E-state index contributed by atoms with van der Waals surface area (Å²) in [6.07, 6.45) is 1.31. The third kappa shape index (κ3) is 4.34. The van der Waals surface area contributed by atoms with E-state index in [4.69, 9.17) is 27.2 Å². The van der Waals surface area contributed by atoms with Crippen LogP contribution in [0.5, 0.6) is 11.6 Å². The van der Waals surface area contributed by atoms with E-state index in [-0.39, 0.29) is 17.5 Å². The van der Waals surface area contributed by atoms with Gasteiger partial charge in [0.25, 0.3) is 5.88 Å². The summed E-state index contributed by atoms with van der Waals surface area (Å²) in [5.41, 5.74) is 12.2. The van der Waals surface area contributed by atoms with Crippen LogP contribution in [-0.2, 0) is 0 Å². The maximum Gasteiger partial charge on any atom is 0.255 e. The van der Waals surface area contributed by atoms with E-state index in [1.807, 2.05) is 0 Å². The third-order valence-electron chi connectivity index (χ3n) is 3.29. The molecule has 5 N–H and O–H groups in total. The van der Waals surface area contributed by atoms with E-state index in [0.29, 0.717) is 18.1 Å². The fraction of sp³-hybridized carbons (Fsp3) is 0.200. The van der Waals surface area contributed by atoms with Gasteiger partial charge in [-0.2, -0.15) is 0 Å². The van der Waals surface area contributed by atoms with Gasteiger partial charge in [0.15, 0.2) is 11.7 Å². The van der Waals surface area contributed by atoms with Crippen molar-refractivity contribution >= 4 is 17.4 Å². The zero-order valence-corrected chi connectivity index (χ0v) is 13.7. The van der Waals surface area contributed by atoms with E-state index in [0.717, 1.165) is 11.6 Å². The first-order valence-corrected chi connectivity index (χ1v) is 7.76. The fourth-order valence-electron chi connectivity index (χ4n) is 2.07. The highest BCUT2D eigenvalue weighted by atomic mass is 35.5. The molecule has 1 aromatic carbocycles. The Kier molecular flexibility index (Phi) is 5.29. The molecule has 1 aromatic heterocycles. The molecule has 25 heavy (non-hydrogen) atoms. The topological polar surface area (TPSA) is 108 Å². The van der Waals surface area contributed by atoms with Gasteiger partial charge in [-0.25, -0.2) is 14.9 Å². The van der Waals surface area contributed by atoms with Crippen LogP contribution in [0, 0.1) is 5.82 Å². The maximum atomic E-state index is 13.7. The number of ether oxygens (including phenoxy) is 1. The second kappa shape index (κ2) is 7.62. The molecule has 2 heterocycles. The number of hydrazine groups is 2. The SMILES string of the molecule is N[C@H](CO)CN1NN=C(c2ccc(Oc3ncc(Cl)cc3F)cc2)N1. The number of aromatic nitrogens is 1. The number of halogens is 2. The summed E-state index contributed by atoms with van der Waals surface area (Å²) in [7, 11) is 0. The summed E-state index contributed by atoms with van der Waals surface area (Å²) in [6.45, 7) is 0.239. The van der Waals surface area contributed by atoms with Crippen LogP contribution in [-0.4, -0.2) is 40.2 Å².